The number of aryl methyl sites for hydroxylation is 1. The van der Waals surface area contributed by atoms with Crippen molar-refractivity contribution in [3.05, 3.63) is 52.5 Å². The monoisotopic (exact) mass is 464 g/mol. The summed E-state index contributed by atoms with van der Waals surface area (Å²) in [5, 5.41) is 3.75. The van der Waals surface area contributed by atoms with Gasteiger partial charge in [-0.25, -0.2) is 14.6 Å². The maximum Gasteiger partial charge on any atom is 0.350 e. The maximum absolute atomic E-state index is 12.9. The third-order valence-corrected chi connectivity index (χ3v) is 7.64. The van der Waals surface area contributed by atoms with E-state index in [-0.39, 0.29) is 12.1 Å². The molecule has 1 atom stereocenters. The van der Waals surface area contributed by atoms with Crippen LogP contribution in [0.2, 0.25) is 0 Å². The second kappa shape index (κ2) is 9.02. The maximum atomic E-state index is 12.9. The number of nitrogens with zero attached hydrogens (tertiary/aromatic N) is 2. The number of amides is 2. The van der Waals surface area contributed by atoms with E-state index in [0.717, 1.165) is 40.9 Å². The predicted molar refractivity (Wildman–Crippen MR) is 131 cm³/mol. The number of nitrogens with one attached hydrogen (secondary N) is 1. The third-order valence-electron chi connectivity index (χ3n) is 6.55. The first-order valence-corrected chi connectivity index (χ1v) is 12.3. The molecule has 2 amide bonds. The number of esters is 1. The number of ether oxygens (including phenoxy) is 1. The molecular weight excluding hydrogens is 436 g/mol. The number of hydrogen-bond donors (Lipinski definition) is 2. The number of para-hydroxylation sites is 1. The number of nitrogen functional groups attached to an aromatic ring is 1. The molecule has 1 saturated heterocycles. The molecule has 1 fully saturated rings. The fraction of sp³-hybridized carbons (Fsp3) is 0.400. The zero-order chi connectivity index (χ0) is 22.9. The molecule has 2 aromatic heterocycles. The van der Waals surface area contributed by atoms with Crippen LogP contribution in [0.25, 0.3) is 10.2 Å². The number of aromatic nitrogens is 1. The highest BCUT2D eigenvalue weighted by Crippen LogP contribution is 2.37. The third kappa shape index (κ3) is 4.53. The van der Waals surface area contributed by atoms with Crippen LogP contribution in [0.5, 0.6) is 0 Å². The van der Waals surface area contributed by atoms with Gasteiger partial charge in [-0.2, -0.15) is 0 Å². The van der Waals surface area contributed by atoms with Crippen LogP contribution in [0.15, 0.2) is 36.4 Å². The van der Waals surface area contributed by atoms with Crippen molar-refractivity contribution in [2.24, 2.45) is 5.92 Å². The van der Waals surface area contributed by atoms with Crippen molar-refractivity contribution >= 4 is 44.9 Å². The van der Waals surface area contributed by atoms with Crippen LogP contribution in [-0.4, -0.2) is 41.1 Å². The first kappa shape index (κ1) is 21.7. The van der Waals surface area contributed by atoms with Gasteiger partial charge in [0.25, 0.3) is 0 Å². The highest BCUT2D eigenvalue weighted by molar-refractivity contribution is 7.21. The van der Waals surface area contributed by atoms with Gasteiger partial charge >= 0.3 is 12.0 Å². The van der Waals surface area contributed by atoms with Crippen molar-refractivity contribution in [3.8, 4) is 0 Å². The van der Waals surface area contributed by atoms with E-state index in [1.165, 1.54) is 16.9 Å². The molecule has 33 heavy (non-hydrogen) atoms. The van der Waals surface area contributed by atoms with Crippen LogP contribution in [-0.2, 0) is 17.6 Å². The molecule has 1 aromatic carbocycles. The number of likely N-dealkylation sites (tertiary alicyclic amines) is 1. The van der Waals surface area contributed by atoms with Gasteiger partial charge in [0.1, 0.15) is 15.8 Å². The molecule has 3 heterocycles. The number of fused-ring (bicyclic) bond motifs is 2. The number of thiophene rings is 1. The minimum atomic E-state index is -0.394. The van der Waals surface area contributed by atoms with E-state index in [2.05, 4.69) is 18.3 Å². The van der Waals surface area contributed by atoms with E-state index in [9.17, 15) is 9.59 Å². The van der Waals surface area contributed by atoms with Crippen LogP contribution >= 0.6 is 11.3 Å². The number of piperidine rings is 1. The van der Waals surface area contributed by atoms with Crippen molar-refractivity contribution in [2.75, 3.05) is 24.1 Å². The SMILES string of the molecule is C[C@H]1CCc2nc3sc(C(=O)OC4CCN(C(=O)Nc5ccccc5)CC4)c(N)c3cc2C1. The fourth-order valence-electron chi connectivity index (χ4n) is 4.63. The lowest BCUT2D eigenvalue weighted by molar-refractivity contribution is 0.0164. The summed E-state index contributed by atoms with van der Waals surface area (Å²) in [5.41, 5.74) is 9.96. The molecule has 0 saturated carbocycles. The number of carbonyl (C=O) groups is 2. The van der Waals surface area contributed by atoms with Crippen molar-refractivity contribution < 1.29 is 14.3 Å². The molecule has 3 aromatic rings. The lowest BCUT2D eigenvalue weighted by Gasteiger charge is -2.31. The second-order valence-electron chi connectivity index (χ2n) is 9.03. The summed E-state index contributed by atoms with van der Waals surface area (Å²) in [6.45, 7) is 3.32. The number of carbonyl (C=O) groups excluding carboxylic acids is 2. The van der Waals surface area contributed by atoms with Crippen molar-refractivity contribution in [2.45, 2.75) is 45.1 Å². The van der Waals surface area contributed by atoms with Gasteiger partial charge in [0.15, 0.2) is 0 Å². The van der Waals surface area contributed by atoms with Gasteiger partial charge in [0.05, 0.1) is 5.69 Å². The molecule has 7 nitrogen and oxygen atoms in total. The normalized spacial score (nSPS) is 18.7. The summed E-state index contributed by atoms with van der Waals surface area (Å²) in [5.74, 6) is 0.246. The van der Waals surface area contributed by atoms with Gasteiger partial charge in [0, 0.05) is 42.7 Å². The lowest BCUT2D eigenvalue weighted by atomic mass is 9.87. The molecule has 172 valence electrons. The average Bonchev–Trinajstić information content (AvgIpc) is 3.14. The number of rotatable bonds is 3. The van der Waals surface area contributed by atoms with E-state index < -0.39 is 5.97 Å². The Labute approximate surface area is 196 Å². The molecule has 0 spiro atoms. The van der Waals surface area contributed by atoms with Crippen molar-refractivity contribution in [1.29, 1.82) is 0 Å². The van der Waals surface area contributed by atoms with Gasteiger partial charge in [-0.3, -0.25) is 0 Å². The van der Waals surface area contributed by atoms with Crippen LogP contribution < -0.4 is 11.1 Å². The van der Waals surface area contributed by atoms with Crippen LogP contribution in [0.1, 0.15) is 47.1 Å². The summed E-state index contributed by atoms with van der Waals surface area (Å²) in [6.07, 6.45) is 4.09. The summed E-state index contributed by atoms with van der Waals surface area (Å²) in [7, 11) is 0. The van der Waals surface area contributed by atoms with Gasteiger partial charge in [-0.15, -0.1) is 11.3 Å². The van der Waals surface area contributed by atoms with E-state index in [0.29, 0.717) is 42.4 Å². The number of pyridine rings is 1. The fourth-order valence-corrected chi connectivity index (χ4v) is 5.61. The molecule has 2 aliphatic rings. The van der Waals surface area contributed by atoms with Gasteiger partial charge in [0.2, 0.25) is 0 Å². The first-order chi connectivity index (χ1) is 16.0. The largest absolute Gasteiger partial charge is 0.458 e. The molecule has 0 unspecified atom stereocenters. The molecule has 1 aliphatic carbocycles. The summed E-state index contributed by atoms with van der Waals surface area (Å²) < 4.78 is 5.78. The van der Waals surface area contributed by atoms with E-state index >= 15 is 0 Å². The number of urea groups is 1. The Hall–Kier alpha value is -3.13. The molecule has 1 aliphatic heterocycles. The van der Waals surface area contributed by atoms with Gasteiger partial charge in [-0.1, -0.05) is 25.1 Å². The second-order valence-corrected chi connectivity index (χ2v) is 10.0. The Morgan fingerprint density at radius 1 is 1.18 bits per heavy atom. The number of anilines is 2. The topological polar surface area (TPSA) is 97.5 Å². The minimum Gasteiger partial charge on any atom is -0.458 e. The number of nitrogens with two attached hydrogens (primary N) is 1. The van der Waals surface area contributed by atoms with Gasteiger partial charge in [-0.05, 0) is 48.9 Å². The number of hydrogen-bond acceptors (Lipinski definition) is 6. The van der Waals surface area contributed by atoms with E-state index in [4.69, 9.17) is 15.5 Å². The van der Waals surface area contributed by atoms with Crippen LogP contribution in [0.4, 0.5) is 16.2 Å². The van der Waals surface area contributed by atoms with Crippen LogP contribution in [0, 0.1) is 5.92 Å². The Morgan fingerprint density at radius 2 is 1.94 bits per heavy atom. The average molecular weight is 465 g/mol. The summed E-state index contributed by atoms with van der Waals surface area (Å²) in [6, 6.07) is 11.4. The summed E-state index contributed by atoms with van der Waals surface area (Å²) in [4.78, 5) is 33.2. The summed E-state index contributed by atoms with van der Waals surface area (Å²) >= 11 is 1.32. The zero-order valence-electron chi connectivity index (χ0n) is 18.7. The van der Waals surface area contributed by atoms with E-state index in [1.807, 2.05) is 30.3 Å². The quantitative estimate of drug-likeness (QED) is 0.540. The highest BCUT2D eigenvalue weighted by atomic mass is 32.1. The van der Waals surface area contributed by atoms with E-state index in [1.54, 1.807) is 4.90 Å². The van der Waals surface area contributed by atoms with Crippen molar-refractivity contribution in [3.63, 3.8) is 0 Å². The zero-order valence-corrected chi connectivity index (χ0v) is 19.5. The van der Waals surface area contributed by atoms with Crippen molar-refractivity contribution in [1.82, 2.24) is 9.88 Å². The molecule has 8 heteroatoms. The van der Waals surface area contributed by atoms with Crippen LogP contribution in [0.3, 0.4) is 0 Å². The van der Waals surface area contributed by atoms with Gasteiger partial charge < -0.3 is 20.7 Å². The molecular formula is C25H28N4O3S. The molecule has 3 N–H and O–H groups in total. The standard InChI is InChI=1S/C25H28N4O3S/c1-15-7-8-20-16(13-15)14-19-21(26)22(33-23(19)28-20)24(30)32-18-9-11-29(12-10-18)25(31)27-17-5-3-2-4-6-17/h2-6,14-15,18H,7-13,26H2,1H3,(H,27,31)/t15-/m0/s1. The predicted octanol–water partition coefficient (Wildman–Crippen LogP) is 4.86. The molecule has 0 radical (unpaired) electrons. The minimum absolute atomic E-state index is 0.135. The Kier molecular flexibility index (Phi) is 5.93. The highest BCUT2D eigenvalue weighted by Gasteiger charge is 2.28. The smallest absolute Gasteiger partial charge is 0.350 e. The lowest BCUT2D eigenvalue weighted by Crippen LogP contribution is -2.43. The molecule has 0 bridgehead atoms. The Balaban J connectivity index is 1.21. The molecule has 5 rings (SSSR count). The number of benzene rings is 1. The Morgan fingerprint density at radius 3 is 2.70 bits per heavy atom. The first-order valence-electron chi connectivity index (χ1n) is 11.5. The Bertz CT molecular complexity index is 1190.